The molecule has 1 rings (SSSR count). The fourth-order valence-corrected chi connectivity index (χ4v) is 2.91. The van der Waals surface area contributed by atoms with Crippen LogP contribution in [0, 0.1) is 5.92 Å². The Hall–Kier alpha value is -0.260. The van der Waals surface area contributed by atoms with Gasteiger partial charge in [0, 0.05) is 18.0 Å². The lowest BCUT2D eigenvalue weighted by atomic mass is 10.0. The molecule has 5 heteroatoms. The Kier molecular flexibility index (Phi) is 5.08. The van der Waals surface area contributed by atoms with Crippen molar-refractivity contribution in [1.82, 2.24) is 0 Å². The SMILES string of the molecule is CC(C)(SCC1CCOCC1)[C@H](N)C(=O)O. The number of nitrogens with two attached hydrogens (primary N) is 1. The van der Waals surface area contributed by atoms with Crippen LogP contribution in [0.25, 0.3) is 0 Å². The third kappa shape index (κ3) is 3.96. The Balaban J connectivity index is 2.37. The summed E-state index contributed by atoms with van der Waals surface area (Å²) in [5.74, 6) is 0.681. The van der Waals surface area contributed by atoms with E-state index in [2.05, 4.69) is 0 Å². The number of rotatable bonds is 5. The van der Waals surface area contributed by atoms with E-state index in [9.17, 15) is 4.79 Å². The average molecular weight is 247 g/mol. The summed E-state index contributed by atoms with van der Waals surface area (Å²) in [6, 6.07) is -0.808. The van der Waals surface area contributed by atoms with Crippen molar-refractivity contribution in [3.8, 4) is 0 Å². The molecule has 4 nitrogen and oxygen atoms in total. The first-order valence-electron chi connectivity index (χ1n) is 5.63. The normalized spacial score (nSPS) is 20.7. The van der Waals surface area contributed by atoms with E-state index in [0.717, 1.165) is 31.8 Å². The predicted molar refractivity (Wildman–Crippen MR) is 65.7 cm³/mol. The van der Waals surface area contributed by atoms with E-state index in [-0.39, 0.29) is 0 Å². The Morgan fingerprint density at radius 3 is 2.62 bits per heavy atom. The molecule has 0 saturated carbocycles. The molecule has 0 spiro atoms. The number of aliphatic carboxylic acids is 1. The van der Waals surface area contributed by atoms with Gasteiger partial charge in [-0.2, -0.15) is 11.8 Å². The van der Waals surface area contributed by atoms with E-state index >= 15 is 0 Å². The number of carbonyl (C=O) groups is 1. The minimum atomic E-state index is -0.926. The first-order chi connectivity index (χ1) is 7.43. The zero-order chi connectivity index (χ0) is 12.2. The number of hydrogen-bond donors (Lipinski definition) is 2. The van der Waals surface area contributed by atoms with Crippen molar-refractivity contribution in [1.29, 1.82) is 0 Å². The van der Waals surface area contributed by atoms with Gasteiger partial charge in [-0.25, -0.2) is 0 Å². The van der Waals surface area contributed by atoms with Gasteiger partial charge < -0.3 is 15.6 Å². The van der Waals surface area contributed by atoms with Gasteiger partial charge in [0.25, 0.3) is 0 Å². The van der Waals surface area contributed by atoms with Crippen molar-refractivity contribution in [2.75, 3.05) is 19.0 Å². The third-order valence-corrected chi connectivity index (χ3v) is 4.68. The topological polar surface area (TPSA) is 72.5 Å². The molecular weight excluding hydrogens is 226 g/mol. The maximum Gasteiger partial charge on any atom is 0.321 e. The number of hydrogen-bond acceptors (Lipinski definition) is 4. The molecule has 1 saturated heterocycles. The molecule has 0 radical (unpaired) electrons. The van der Waals surface area contributed by atoms with E-state index in [4.69, 9.17) is 15.6 Å². The zero-order valence-electron chi connectivity index (χ0n) is 9.94. The van der Waals surface area contributed by atoms with E-state index in [1.165, 1.54) is 0 Å². The largest absolute Gasteiger partial charge is 0.480 e. The van der Waals surface area contributed by atoms with Crippen LogP contribution in [0.5, 0.6) is 0 Å². The van der Waals surface area contributed by atoms with Gasteiger partial charge in [-0.1, -0.05) is 0 Å². The van der Waals surface area contributed by atoms with Crippen LogP contribution in [0.2, 0.25) is 0 Å². The van der Waals surface area contributed by atoms with E-state index in [1.807, 2.05) is 13.8 Å². The summed E-state index contributed by atoms with van der Waals surface area (Å²) in [4.78, 5) is 10.8. The number of carboxylic acids is 1. The molecule has 1 heterocycles. The Labute approximate surface area is 101 Å². The molecule has 0 unspecified atom stereocenters. The average Bonchev–Trinajstić information content (AvgIpc) is 2.27. The highest BCUT2D eigenvalue weighted by Crippen LogP contribution is 2.31. The van der Waals surface area contributed by atoms with E-state index < -0.39 is 16.8 Å². The van der Waals surface area contributed by atoms with Crippen molar-refractivity contribution in [3.05, 3.63) is 0 Å². The molecule has 16 heavy (non-hydrogen) atoms. The molecule has 0 aromatic carbocycles. The first kappa shape index (κ1) is 13.8. The van der Waals surface area contributed by atoms with Crippen LogP contribution in [0.3, 0.4) is 0 Å². The molecule has 0 bridgehead atoms. The van der Waals surface area contributed by atoms with Crippen LogP contribution in [-0.4, -0.2) is 40.8 Å². The summed E-state index contributed by atoms with van der Waals surface area (Å²) < 4.78 is 4.88. The number of carboxylic acid groups (broad SMARTS) is 1. The minimum Gasteiger partial charge on any atom is -0.480 e. The second-order valence-electron chi connectivity index (χ2n) is 4.79. The van der Waals surface area contributed by atoms with Crippen LogP contribution in [0.4, 0.5) is 0 Å². The highest BCUT2D eigenvalue weighted by molar-refractivity contribution is 8.00. The molecule has 94 valence electrons. The molecule has 1 atom stereocenters. The first-order valence-corrected chi connectivity index (χ1v) is 6.62. The molecule has 0 aliphatic carbocycles. The Morgan fingerprint density at radius 2 is 2.12 bits per heavy atom. The zero-order valence-corrected chi connectivity index (χ0v) is 10.8. The second kappa shape index (κ2) is 5.89. The standard InChI is InChI=1S/C11H21NO3S/c1-11(2,9(12)10(13)14)16-7-8-3-5-15-6-4-8/h8-9H,3-7,12H2,1-2H3,(H,13,14)/t9-/m1/s1. The molecule has 0 amide bonds. The van der Waals surface area contributed by atoms with Crippen molar-refractivity contribution in [2.24, 2.45) is 11.7 Å². The monoisotopic (exact) mass is 247 g/mol. The van der Waals surface area contributed by atoms with Gasteiger partial charge in [0.15, 0.2) is 0 Å². The summed E-state index contributed by atoms with van der Waals surface area (Å²) >= 11 is 1.66. The molecule has 1 fully saturated rings. The summed E-state index contributed by atoms with van der Waals surface area (Å²) in [5, 5.41) is 8.90. The highest BCUT2D eigenvalue weighted by Gasteiger charge is 2.33. The molecular formula is C11H21NO3S. The molecule has 1 aliphatic rings. The van der Waals surface area contributed by atoms with Crippen molar-refractivity contribution in [2.45, 2.75) is 37.5 Å². The fourth-order valence-electron chi connectivity index (χ4n) is 1.63. The summed E-state index contributed by atoms with van der Waals surface area (Å²) in [7, 11) is 0. The Bertz CT molecular complexity index is 239. The van der Waals surface area contributed by atoms with Crippen molar-refractivity contribution in [3.63, 3.8) is 0 Å². The van der Waals surface area contributed by atoms with Crippen LogP contribution < -0.4 is 5.73 Å². The highest BCUT2D eigenvalue weighted by atomic mass is 32.2. The van der Waals surface area contributed by atoms with Crippen LogP contribution in [0.1, 0.15) is 26.7 Å². The van der Waals surface area contributed by atoms with Crippen molar-refractivity contribution >= 4 is 17.7 Å². The van der Waals surface area contributed by atoms with Gasteiger partial charge in [0.2, 0.25) is 0 Å². The van der Waals surface area contributed by atoms with Gasteiger partial charge in [0.05, 0.1) is 0 Å². The van der Waals surface area contributed by atoms with Crippen LogP contribution in [-0.2, 0) is 9.53 Å². The van der Waals surface area contributed by atoms with Gasteiger partial charge in [-0.3, -0.25) is 4.79 Å². The molecule has 1 aliphatic heterocycles. The van der Waals surface area contributed by atoms with Gasteiger partial charge >= 0.3 is 5.97 Å². The van der Waals surface area contributed by atoms with Gasteiger partial charge in [-0.05, 0) is 38.4 Å². The lowest BCUT2D eigenvalue weighted by Gasteiger charge is -2.31. The van der Waals surface area contributed by atoms with Gasteiger partial charge in [-0.15, -0.1) is 0 Å². The summed E-state index contributed by atoms with van der Waals surface area (Å²) in [6.45, 7) is 5.46. The quantitative estimate of drug-likeness (QED) is 0.767. The minimum absolute atomic E-state index is 0.413. The maximum atomic E-state index is 10.8. The predicted octanol–water partition coefficient (Wildman–Crippen LogP) is 1.34. The van der Waals surface area contributed by atoms with Crippen molar-refractivity contribution < 1.29 is 14.6 Å². The van der Waals surface area contributed by atoms with Gasteiger partial charge in [0.1, 0.15) is 6.04 Å². The molecule has 3 N–H and O–H groups in total. The molecule has 0 aromatic rings. The Morgan fingerprint density at radius 1 is 1.56 bits per heavy atom. The summed E-state index contributed by atoms with van der Waals surface area (Å²) in [5.41, 5.74) is 5.66. The summed E-state index contributed by atoms with van der Waals surface area (Å²) in [6.07, 6.45) is 2.15. The van der Waals surface area contributed by atoms with E-state index in [1.54, 1.807) is 11.8 Å². The second-order valence-corrected chi connectivity index (χ2v) is 6.46. The fraction of sp³-hybridized carbons (Fsp3) is 0.909. The van der Waals surface area contributed by atoms with Crippen LogP contribution in [0.15, 0.2) is 0 Å². The van der Waals surface area contributed by atoms with E-state index in [0.29, 0.717) is 5.92 Å². The number of thioether (sulfide) groups is 1. The number of ether oxygens (including phenoxy) is 1. The lowest BCUT2D eigenvalue weighted by molar-refractivity contribution is -0.139. The maximum absolute atomic E-state index is 10.8. The smallest absolute Gasteiger partial charge is 0.321 e. The van der Waals surface area contributed by atoms with Crippen LogP contribution >= 0.6 is 11.8 Å². The lowest BCUT2D eigenvalue weighted by Crippen LogP contribution is -2.47. The molecule has 0 aromatic heterocycles. The third-order valence-electron chi connectivity index (χ3n) is 3.05.